The number of rotatable bonds is 2. The van der Waals surface area contributed by atoms with E-state index in [9.17, 15) is 0 Å². The lowest BCUT2D eigenvalue weighted by Crippen LogP contribution is -1.91. The molecule has 0 unspecified atom stereocenters. The van der Waals surface area contributed by atoms with E-state index in [-0.39, 0.29) is 0 Å². The van der Waals surface area contributed by atoms with Crippen molar-refractivity contribution in [2.24, 2.45) is 7.05 Å². The van der Waals surface area contributed by atoms with Crippen LogP contribution in [0.5, 0.6) is 0 Å². The summed E-state index contributed by atoms with van der Waals surface area (Å²) >= 11 is 0. The van der Waals surface area contributed by atoms with Crippen LogP contribution in [0.4, 0.5) is 0 Å². The Hall–Kier alpha value is -4.58. The van der Waals surface area contributed by atoms with Crippen LogP contribution in [-0.4, -0.2) is 28.3 Å². The minimum atomic E-state index is 0.855. The Morgan fingerprint density at radius 1 is 0.647 bits per heavy atom. The van der Waals surface area contributed by atoms with Crippen molar-refractivity contribution in [2.75, 3.05) is 0 Å². The third kappa shape index (κ3) is 2.29. The number of imidazole rings is 4. The molecule has 0 saturated heterocycles. The number of H-pyrrole nitrogens is 1. The van der Waals surface area contributed by atoms with Crippen molar-refractivity contribution in [3.63, 3.8) is 0 Å². The largest absolute Gasteiger partial charge is 0.323 e. The number of nitrogens with zero attached hydrogens (tertiary/aromatic N) is 5. The van der Waals surface area contributed by atoms with Crippen LogP contribution in [0.3, 0.4) is 0 Å². The third-order valence-corrected chi connectivity index (χ3v) is 7.00. The normalized spacial score (nSPS) is 12.4. The number of hydrogen-bond acceptors (Lipinski definition) is 2. The van der Waals surface area contributed by atoms with Crippen LogP contribution in [0, 0.1) is 0 Å². The van der Waals surface area contributed by atoms with Crippen molar-refractivity contribution in [1.29, 1.82) is 0 Å². The molecule has 8 aromatic rings. The molecule has 8 rings (SSSR count). The second-order valence-corrected chi connectivity index (χ2v) is 9.03. The lowest BCUT2D eigenvalue weighted by molar-refractivity contribution is 0.973. The molecule has 0 aliphatic rings. The zero-order chi connectivity index (χ0) is 22.4. The molecular weight excluding hydrogens is 420 g/mol. The fourth-order valence-electron chi connectivity index (χ4n) is 5.41. The maximum absolute atomic E-state index is 4.86. The number of benzene rings is 4. The molecule has 4 aromatic heterocycles. The van der Waals surface area contributed by atoms with Gasteiger partial charge >= 0.3 is 0 Å². The van der Waals surface area contributed by atoms with Gasteiger partial charge in [-0.15, -0.1) is 0 Å². The van der Waals surface area contributed by atoms with Gasteiger partial charge in [0.05, 0.1) is 44.1 Å². The number of hydrogen-bond donors (Lipinski definition) is 1. The van der Waals surface area contributed by atoms with Crippen molar-refractivity contribution in [3.8, 4) is 0 Å². The van der Waals surface area contributed by atoms with Gasteiger partial charge in [0, 0.05) is 7.05 Å². The van der Waals surface area contributed by atoms with E-state index in [1.807, 2.05) is 12.1 Å². The molecule has 6 nitrogen and oxygen atoms in total. The predicted molar refractivity (Wildman–Crippen MR) is 137 cm³/mol. The number of aryl methyl sites for hydroxylation is 1. The molecule has 0 radical (unpaired) electrons. The molecule has 0 fully saturated rings. The second-order valence-electron chi connectivity index (χ2n) is 9.03. The first-order chi connectivity index (χ1) is 16.7. The molecule has 0 aliphatic heterocycles. The van der Waals surface area contributed by atoms with Crippen LogP contribution in [0.1, 0.15) is 11.1 Å². The molecule has 0 atom stereocenters. The van der Waals surface area contributed by atoms with E-state index < -0.39 is 0 Å². The molecule has 162 valence electrons. The first-order valence-electron chi connectivity index (χ1n) is 11.5. The maximum Gasteiger partial charge on any atom is 0.215 e. The van der Waals surface area contributed by atoms with Crippen LogP contribution in [0.2, 0.25) is 0 Å². The summed E-state index contributed by atoms with van der Waals surface area (Å²) in [6.07, 6.45) is 0.855. The van der Waals surface area contributed by atoms with Crippen LogP contribution in [0.25, 0.3) is 55.7 Å². The van der Waals surface area contributed by atoms with E-state index in [4.69, 9.17) is 9.97 Å². The molecule has 4 aromatic carbocycles. The summed E-state index contributed by atoms with van der Waals surface area (Å²) in [5, 5.41) is 0. The van der Waals surface area contributed by atoms with Gasteiger partial charge in [-0.25, -0.2) is 9.97 Å². The fourth-order valence-corrected chi connectivity index (χ4v) is 5.41. The lowest BCUT2D eigenvalue weighted by Gasteiger charge is -2.05. The molecule has 4 heterocycles. The molecular formula is C28H20N6. The standard InChI is InChI=1S/C28H20N6/c1-32-24-13-11-18(16-26(24)34-23-9-5-3-7-20(23)31-28(32)34)14-17-10-12-21-25(15-17)33-22-8-4-2-6-19(22)29-27(33)30-21/h2-13,15-16H,14H2,1H3,(H,29,30). The van der Waals surface area contributed by atoms with Gasteiger partial charge in [-0.1, -0.05) is 36.4 Å². The Bertz CT molecular complexity index is 2060. The quantitative estimate of drug-likeness (QED) is 0.366. The van der Waals surface area contributed by atoms with Crippen molar-refractivity contribution in [3.05, 3.63) is 96.1 Å². The SMILES string of the molecule is Cn1c2ccc(Cc3ccc4[nH]c5nc6ccccc6n5c4c3)cc2n2c3ccccc3nc12. The highest BCUT2D eigenvalue weighted by Gasteiger charge is 2.15. The summed E-state index contributed by atoms with van der Waals surface area (Å²) in [5.74, 6) is 1.85. The average Bonchev–Trinajstić information content (AvgIpc) is 3.58. The van der Waals surface area contributed by atoms with E-state index in [0.29, 0.717) is 0 Å². The van der Waals surface area contributed by atoms with E-state index in [2.05, 4.69) is 98.2 Å². The highest BCUT2D eigenvalue weighted by molar-refractivity contribution is 5.92. The number of aromatic amines is 1. The summed E-state index contributed by atoms with van der Waals surface area (Å²) < 4.78 is 6.66. The Morgan fingerprint density at radius 3 is 2.15 bits per heavy atom. The molecule has 0 amide bonds. The first-order valence-corrected chi connectivity index (χ1v) is 11.5. The average molecular weight is 441 g/mol. The lowest BCUT2D eigenvalue weighted by atomic mass is 10.0. The highest BCUT2D eigenvalue weighted by Crippen LogP contribution is 2.28. The summed E-state index contributed by atoms with van der Waals surface area (Å²) in [5.41, 5.74) is 11.5. The Kier molecular flexibility index (Phi) is 3.30. The summed E-state index contributed by atoms with van der Waals surface area (Å²) in [6.45, 7) is 0. The van der Waals surface area contributed by atoms with Gasteiger partial charge in [-0.3, -0.25) is 8.80 Å². The van der Waals surface area contributed by atoms with E-state index in [1.54, 1.807) is 0 Å². The molecule has 1 N–H and O–H groups in total. The monoisotopic (exact) mass is 440 g/mol. The number of aromatic nitrogens is 6. The topological polar surface area (TPSA) is 55.3 Å². The minimum absolute atomic E-state index is 0.855. The van der Waals surface area contributed by atoms with Crippen LogP contribution >= 0.6 is 0 Å². The van der Waals surface area contributed by atoms with E-state index >= 15 is 0 Å². The molecule has 0 aliphatic carbocycles. The molecule has 6 heteroatoms. The Labute approximate surface area is 193 Å². The zero-order valence-corrected chi connectivity index (χ0v) is 18.5. The minimum Gasteiger partial charge on any atom is -0.323 e. The summed E-state index contributed by atoms with van der Waals surface area (Å²) in [7, 11) is 2.09. The van der Waals surface area contributed by atoms with E-state index in [1.165, 1.54) is 22.2 Å². The fraction of sp³-hybridized carbons (Fsp3) is 0.0714. The Balaban J connectivity index is 1.29. The molecule has 34 heavy (non-hydrogen) atoms. The van der Waals surface area contributed by atoms with Gasteiger partial charge in [-0.05, 0) is 66.1 Å². The van der Waals surface area contributed by atoms with Crippen molar-refractivity contribution in [1.82, 2.24) is 28.3 Å². The van der Waals surface area contributed by atoms with E-state index in [0.717, 1.165) is 51.1 Å². The van der Waals surface area contributed by atoms with Crippen molar-refractivity contribution in [2.45, 2.75) is 6.42 Å². The number of fused-ring (bicyclic) bond motifs is 10. The second kappa shape index (κ2) is 6.26. The molecule has 0 spiro atoms. The Morgan fingerprint density at radius 2 is 1.32 bits per heavy atom. The number of para-hydroxylation sites is 4. The van der Waals surface area contributed by atoms with Gasteiger partial charge < -0.3 is 9.55 Å². The van der Waals surface area contributed by atoms with Crippen LogP contribution < -0.4 is 0 Å². The zero-order valence-electron chi connectivity index (χ0n) is 18.5. The van der Waals surface area contributed by atoms with Gasteiger partial charge in [0.2, 0.25) is 11.6 Å². The van der Waals surface area contributed by atoms with Gasteiger partial charge in [0.25, 0.3) is 0 Å². The third-order valence-electron chi connectivity index (χ3n) is 7.00. The van der Waals surface area contributed by atoms with Gasteiger partial charge in [0.1, 0.15) is 0 Å². The number of nitrogens with one attached hydrogen (secondary N) is 1. The highest BCUT2D eigenvalue weighted by atomic mass is 15.2. The molecule has 0 saturated carbocycles. The summed E-state index contributed by atoms with van der Waals surface area (Å²) in [4.78, 5) is 13.1. The maximum atomic E-state index is 4.86. The predicted octanol–water partition coefficient (Wildman–Crippen LogP) is 5.85. The first kappa shape index (κ1) is 17.9. The summed E-state index contributed by atoms with van der Waals surface area (Å²) in [6, 6.07) is 30.0. The van der Waals surface area contributed by atoms with Gasteiger partial charge in [-0.2, -0.15) is 0 Å². The van der Waals surface area contributed by atoms with Gasteiger partial charge in [0.15, 0.2) is 0 Å². The molecule has 0 bridgehead atoms. The van der Waals surface area contributed by atoms with Crippen molar-refractivity contribution >= 4 is 55.7 Å². The van der Waals surface area contributed by atoms with Crippen LogP contribution in [0.15, 0.2) is 84.9 Å². The smallest absolute Gasteiger partial charge is 0.215 e. The van der Waals surface area contributed by atoms with Crippen LogP contribution in [-0.2, 0) is 13.5 Å². The van der Waals surface area contributed by atoms with Crippen molar-refractivity contribution < 1.29 is 0 Å².